The fraction of sp³-hybridized carbons (Fsp3) is 0.409. The largest absolute Gasteiger partial charge is 0.411 e. The van der Waals surface area contributed by atoms with E-state index in [1.807, 2.05) is 30.3 Å². The maximum Gasteiger partial charge on any atom is 0.411 e. The Kier molecular flexibility index (Phi) is 7.28. The van der Waals surface area contributed by atoms with E-state index in [0.717, 1.165) is 18.4 Å². The third kappa shape index (κ3) is 6.87. The summed E-state index contributed by atoms with van der Waals surface area (Å²) in [6.45, 7) is 0.383. The van der Waals surface area contributed by atoms with Crippen LogP contribution in [-0.2, 0) is 22.7 Å². The lowest BCUT2D eigenvalue weighted by Gasteiger charge is -2.32. The van der Waals surface area contributed by atoms with E-state index in [1.165, 1.54) is 0 Å². The zero-order valence-corrected chi connectivity index (χ0v) is 16.0. The van der Waals surface area contributed by atoms with E-state index in [1.54, 1.807) is 29.2 Å². The molecule has 2 aromatic rings. The summed E-state index contributed by atoms with van der Waals surface area (Å²) < 4.78 is 46.9. The second-order valence-corrected chi connectivity index (χ2v) is 7.09. The van der Waals surface area contributed by atoms with E-state index in [9.17, 15) is 18.0 Å². The first-order valence-corrected chi connectivity index (χ1v) is 9.59. The van der Waals surface area contributed by atoms with E-state index < -0.39 is 12.8 Å². The first-order valence-electron chi connectivity index (χ1n) is 9.59. The zero-order chi connectivity index (χ0) is 20.7. The SMILES string of the molecule is O=C(c1ccc(COCC(F)(F)F)cc1)N1CCC(OCc2ccccc2)CC1. The van der Waals surface area contributed by atoms with Crippen molar-refractivity contribution in [2.45, 2.75) is 38.3 Å². The second kappa shape index (κ2) is 9.89. The van der Waals surface area contributed by atoms with Gasteiger partial charge in [-0.05, 0) is 36.1 Å². The number of rotatable bonds is 7. The highest BCUT2D eigenvalue weighted by atomic mass is 19.4. The Morgan fingerprint density at radius 3 is 2.17 bits per heavy atom. The van der Waals surface area contributed by atoms with Gasteiger partial charge in [0, 0.05) is 18.7 Å². The molecule has 1 amide bonds. The van der Waals surface area contributed by atoms with Crippen molar-refractivity contribution in [1.29, 1.82) is 0 Å². The molecule has 1 heterocycles. The van der Waals surface area contributed by atoms with Crippen LogP contribution in [0.2, 0.25) is 0 Å². The summed E-state index contributed by atoms with van der Waals surface area (Å²) in [5.74, 6) is -0.0748. The molecule has 0 aromatic heterocycles. The molecule has 1 fully saturated rings. The second-order valence-electron chi connectivity index (χ2n) is 7.09. The Hall–Kier alpha value is -2.38. The van der Waals surface area contributed by atoms with Gasteiger partial charge in [-0.15, -0.1) is 0 Å². The minimum absolute atomic E-state index is 0.0748. The van der Waals surface area contributed by atoms with Gasteiger partial charge in [-0.25, -0.2) is 0 Å². The number of amides is 1. The molecule has 2 aromatic carbocycles. The molecule has 7 heteroatoms. The Labute approximate surface area is 168 Å². The Morgan fingerprint density at radius 2 is 1.55 bits per heavy atom. The molecule has 1 saturated heterocycles. The molecule has 156 valence electrons. The molecule has 1 aliphatic rings. The van der Waals surface area contributed by atoms with Crippen LogP contribution in [0.5, 0.6) is 0 Å². The number of hydrogen-bond donors (Lipinski definition) is 0. The molecular weight excluding hydrogens is 383 g/mol. The van der Waals surface area contributed by atoms with Crippen LogP contribution < -0.4 is 0 Å². The normalized spacial score (nSPS) is 15.5. The fourth-order valence-electron chi connectivity index (χ4n) is 3.22. The lowest BCUT2D eigenvalue weighted by Crippen LogP contribution is -2.40. The highest BCUT2D eigenvalue weighted by Crippen LogP contribution is 2.19. The van der Waals surface area contributed by atoms with Gasteiger partial charge in [-0.2, -0.15) is 13.2 Å². The maximum absolute atomic E-state index is 12.6. The van der Waals surface area contributed by atoms with Crippen LogP contribution in [0.25, 0.3) is 0 Å². The van der Waals surface area contributed by atoms with Crippen molar-refractivity contribution in [2.24, 2.45) is 0 Å². The van der Waals surface area contributed by atoms with Crippen LogP contribution in [-0.4, -0.2) is 42.8 Å². The van der Waals surface area contributed by atoms with E-state index in [-0.39, 0.29) is 18.6 Å². The monoisotopic (exact) mass is 407 g/mol. The molecule has 3 rings (SSSR count). The first kappa shape index (κ1) is 21.3. The number of nitrogens with zero attached hydrogens (tertiary/aromatic N) is 1. The van der Waals surface area contributed by atoms with Crippen molar-refractivity contribution in [3.8, 4) is 0 Å². The van der Waals surface area contributed by atoms with Gasteiger partial charge in [0.25, 0.3) is 5.91 Å². The molecular formula is C22H24F3NO3. The van der Waals surface area contributed by atoms with Gasteiger partial charge in [0.15, 0.2) is 0 Å². The van der Waals surface area contributed by atoms with Gasteiger partial charge in [-0.3, -0.25) is 4.79 Å². The third-order valence-corrected chi connectivity index (χ3v) is 4.79. The van der Waals surface area contributed by atoms with Crippen molar-refractivity contribution in [1.82, 2.24) is 4.90 Å². The molecule has 0 N–H and O–H groups in total. The van der Waals surface area contributed by atoms with E-state index >= 15 is 0 Å². The highest BCUT2D eigenvalue weighted by Gasteiger charge is 2.27. The predicted octanol–water partition coefficient (Wildman–Crippen LogP) is 4.59. The van der Waals surface area contributed by atoms with E-state index in [0.29, 0.717) is 30.8 Å². The first-order chi connectivity index (χ1) is 13.9. The molecule has 0 saturated carbocycles. The fourth-order valence-corrected chi connectivity index (χ4v) is 3.22. The summed E-state index contributed by atoms with van der Waals surface area (Å²) in [5.41, 5.74) is 2.25. The van der Waals surface area contributed by atoms with Crippen molar-refractivity contribution >= 4 is 5.91 Å². The van der Waals surface area contributed by atoms with Crippen LogP contribution >= 0.6 is 0 Å². The summed E-state index contributed by atoms with van der Waals surface area (Å²) in [4.78, 5) is 14.4. The minimum atomic E-state index is -4.34. The summed E-state index contributed by atoms with van der Waals surface area (Å²) >= 11 is 0. The maximum atomic E-state index is 12.6. The van der Waals surface area contributed by atoms with Gasteiger partial charge < -0.3 is 14.4 Å². The van der Waals surface area contributed by atoms with Gasteiger partial charge in [-0.1, -0.05) is 42.5 Å². The lowest BCUT2D eigenvalue weighted by atomic mass is 10.1. The van der Waals surface area contributed by atoms with Crippen LogP contribution in [0.4, 0.5) is 13.2 Å². The van der Waals surface area contributed by atoms with Crippen LogP contribution in [0.1, 0.15) is 34.3 Å². The number of likely N-dealkylation sites (tertiary alicyclic amines) is 1. The summed E-state index contributed by atoms with van der Waals surface area (Å²) in [5, 5.41) is 0. The Bertz CT molecular complexity index is 770. The summed E-state index contributed by atoms with van der Waals surface area (Å²) in [6.07, 6.45) is -2.65. The average molecular weight is 407 g/mol. The number of ether oxygens (including phenoxy) is 2. The number of hydrogen-bond acceptors (Lipinski definition) is 3. The van der Waals surface area contributed by atoms with E-state index in [4.69, 9.17) is 4.74 Å². The number of halogens is 3. The number of carbonyl (C=O) groups excluding carboxylic acids is 1. The number of alkyl halides is 3. The quantitative estimate of drug-likeness (QED) is 0.674. The van der Waals surface area contributed by atoms with Crippen molar-refractivity contribution in [3.63, 3.8) is 0 Å². The van der Waals surface area contributed by atoms with Crippen molar-refractivity contribution < 1.29 is 27.4 Å². The number of carbonyl (C=O) groups is 1. The lowest BCUT2D eigenvalue weighted by molar-refractivity contribution is -0.176. The third-order valence-electron chi connectivity index (χ3n) is 4.79. The summed E-state index contributed by atoms with van der Waals surface area (Å²) in [6, 6.07) is 16.5. The predicted molar refractivity (Wildman–Crippen MR) is 102 cm³/mol. The molecule has 1 aliphatic heterocycles. The average Bonchev–Trinajstić information content (AvgIpc) is 2.72. The minimum Gasteiger partial charge on any atom is -0.373 e. The van der Waals surface area contributed by atoms with E-state index in [2.05, 4.69) is 4.74 Å². The molecule has 0 radical (unpaired) electrons. The molecule has 0 atom stereocenters. The molecule has 0 aliphatic carbocycles. The molecule has 0 bridgehead atoms. The summed E-state index contributed by atoms with van der Waals surface area (Å²) in [7, 11) is 0. The van der Waals surface area contributed by atoms with Gasteiger partial charge >= 0.3 is 6.18 Å². The number of piperidine rings is 1. The number of benzene rings is 2. The van der Waals surface area contributed by atoms with Crippen molar-refractivity contribution in [3.05, 3.63) is 71.3 Å². The van der Waals surface area contributed by atoms with Crippen LogP contribution in [0.15, 0.2) is 54.6 Å². The molecule has 0 spiro atoms. The highest BCUT2D eigenvalue weighted by molar-refractivity contribution is 5.94. The Balaban J connectivity index is 1.43. The Morgan fingerprint density at radius 1 is 0.931 bits per heavy atom. The molecule has 29 heavy (non-hydrogen) atoms. The van der Waals surface area contributed by atoms with Gasteiger partial charge in [0.05, 0.1) is 19.3 Å². The van der Waals surface area contributed by atoms with Crippen LogP contribution in [0.3, 0.4) is 0 Å². The topological polar surface area (TPSA) is 38.8 Å². The van der Waals surface area contributed by atoms with Gasteiger partial charge in [0.1, 0.15) is 6.61 Å². The molecule has 0 unspecified atom stereocenters. The standard InChI is InChI=1S/C22H24F3NO3/c23-22(24,25)16-28-14-18-6-8-19(9-7-18)21(27)26-12-10-20(11-13-26)29-15-17-4-2-1-3-5-17/h1-9,20H,10-16H2. The van der Waals surface area contributed by atoms with Crippen LogP contribution in [0, 0.1) is 0 Å². The molecule has 4 nitrogen and oxygen atoms in total. The smallest absolute Gasteiger partial charge is 0.373 e. The van der Waals surface area contributed by atoms with Crippen molar-refractivity contribution in [2.75, 3.05) is 19.7 Å². The van der Waals surface area contributed by atoms with Gasteiger partial charge in [0.2, 0.25) is 0 Å². The zero-order valence-electron chi connectivity index (χ0n) is 16.0.